The standard InChI is InChI=1S/C12H16N2O2/c1-8(15)14-11-7-9(16-2)3-4-10(11)12(13)5-6-12/h3-4,7H,5-6,13H2,1-2H3,(H,14,15). The second-order valence-electron chi connectivity index (χ2n) is 4.25. The number of anilines is 1. The van der Waals surface area contributed by atoms with Crippen molar-refractivity contribution in [3.63, 3.8) is 0 Å². The van der Waals surface area contributed by atoms with Crippen LogP contribution in [0, 0.1) is 0 Å². The zero-order chi connectivity index (χ0) is 11.8. The maximum atomic E-state index is 11.1. The van der Waals surface area contributed by atoms with Crippen molar-refractivity contribution in [2.24, 2.45) is 5.73 Å². The first-order valence-electron chi connectivity index (χ1n) is 5.30. The summed E-state index contributed by atoms with van der Waals surface area (Å²) >= 11 is 0. The van der Waals surface area contributed by atoms with Crippen molar-refractivity contribution in [2.75, 3.05) is 12.4 Å². The second kappa shape index (κ2) is 3.79. The number of carbonyl (C=O) groups excluding carboxylic acids is 1. The number of amides is 1. The Morgan fingerprint density at radius 1 is 1.50 bits per heavy atom. The van der Waals surface area contributed by atoms with Gasteiger partial charge in [0.15, 0.2) is 0 Å². The summed E-state index contributed by atoms with van der Waals surface area (Å²) in [6.45, 7) is 1.49. The van der Waals surface area contributed by atoms with Crippen molar-refractivity contribution in [1.82, 2.24) is 0 Å². The first-order valence-corrected chi connectivity index (χ1v) is 5.30. The topological polar surface area (TPSA) is 64.3 Å². The molecule has 0 heterocycles. The molecule has 1 aromatic rings. The summed E-state index contributed by atoms with van der Waals surface area (Å²) in [7, 11) is 1.60. The SMILES string of the molecule is COc1ccc(C2(N)CC2)c(NC(C)=O)c1. The van der Waals surface area contributed by atoms with Crippen molar-refractivity contribution in [1.29, 1.82) is 0 Å². The van der Waals surface area contributed by atoms with Gasteiger partial charge in [0.2, 0.25) is 5.91 Å². The van der Waals surface area contributed by atoms with Gasteiger partial charge in [0.1, 0.15) is 5.75 Å². The number of hydrogen-bond donors (Lipinski definition) is 2. The Morgan fingerprint density at radius 2 is 2.19 bits per heavy atom. The number of methoxy groups -OCH3 is 1. The highest BCUT2D eigenvalue weighted by Gasteiger charge is 2.41. The van der Waals surface area contributed by atoms with E-state index in [1.807, 2.05) is 18.2 Å². The fraction of sp³-hybridized carbons (Fsp3) is 0.417. The van der Waals surface area contributed by atoms with Gasteiger partial charge >= 0.3 is 0 Å². The number of benzene rings is 1. The molecule has 0 saturated heterocycles. The average Bonchev–Trinajstić information content (AvgIpc) is 2.96. The molecule has 0 radical (unpaired) electrons. The summed E-state index contributed by atoms with van der Waals surface area (Å²) in [6, 6.07) is 5.61. The molecule has 16 heavy (non-hydrogen) atoms. The van der Waals surface area contributed by atoms with Gasteiger partial charge < -0.3 is 15.8 Å². The predicted molar refractivity (Wildman–Crippen MR) is 62.4 cm³/mol. The maximum absolute atomic E-state index is 11.1. The van der Waals surface area contributed by atoms with Crippen LogP contribution in [0.5, 0.6) is 5.75 Å². The molecule has 0 aromatic heterocycles. The molecule has 1 aliphatic carbocycles. The van der Waals surface area contributed by atoms with Crippen LogP contribution < -0.4 is 15.8 Å². The van der Waals surface area contributed by atoms with Crippen molar-refractivity contribution in [3.8, 4) is 5.75 Å². The predicted octanol–water partition coefficient (Wildman–Crippen LogP) is 1.60. The van der Waals surface area contributed by atoms with Crippen LogP contribution in [0.3, 0.4) is 0 Å². The summed E-state index contributed by atoms with van der Waals surface area (Å²) in [5.74, 6) is 0.621. The Kier molecular flexibility index (Phi) is 2.59. The third-order valence-corrected chi connectivity index (χ3v) is 2.86. The molecule has 1 amide bonds. The fourth-order valence-electron chi connectivity index (χ4n) is 1.78. The van der Waals surface area contributed by atoms with Gasteiger partial charge in [0.25, 0.3) is 0 Å². The van der Waals surface area contributed by atoms with Crippen LogP contribution in [0.2, 0.25) is 0 Å². The van der Waals surface area contributed by atoms with Crippen molar-refractivity contribution in [2.45, 2.75) is 25.3 Å². The van der Waals surface area contributed by atoms with E-state index >= 15 is 0 Å². The zero-order valence-corrected chi connectivity index (χ0v) is 9.54. The Hall–Kier alpha value is -1.55. The van der Waals surface area contributed by atoms with Crippen LogP contribution in [0.1, 0.15) is 25.3 Å². The number of hydrogen-bond acceptors (Lipinski definition) is 3. The molecule has 86 valence electrons. The van der Waals surface area contributed by atoms with Crippen LogP contribution in [-0.4, -0.2) is 13.0 Å². The minimum absolute atomic E-state index is 0.0984. The third kappa shape index (κ3) is 2.02. The lowest BCUT2D eigenvalue weighted by molar-refractivity contribution is -0.114. The monoisotopic (exact) mass is 220 g/mol. The molecular formula is C12H16N2O2. The van der Waals surface area contributed by atoms with Gasteiger partial charge in [-0.25, -0.2) is 0 Å². The lowest BCUT2D eigenvalue weighted by Gasteiger charge is -2.16. The van der Waals surface area contributed by atoms with Crippen LogP contribution >= 0.6 is 0 Å². The molecule has 1 saturated carbocycles. The van der Waals surface area contributed by atoms with E-state index in [-0.39, 0.29) is 11.4 Å². The number of nitrogens with one attached hydrogen (secondary N) is 1. The minimum Gasteiger partial charge on any atom is -0.497 e. The smallest absolute Gasteiger partial charge is 0.221 e. The normalized spacial score (nSPS) is 16.7. The average molecular weight is 220 g/mol. The number of carbonyl (C=O) groups is 1. The van der Waals surface area contributed by atoms with E-state index in [0.717, 1.165) is 29.8 Å². The van der Waals surface area contributed by atoms with E-state index < -0.39 is 0 Å². The largest absolute Gasteiger partial charge is 0.497 e. The third-order valence-electron chi connectivity index (χ3n) is 2.86. The Balaban J connectivity index is 2.39. The Labute approximate surface area is 94.8 Å². The molecule has 1 aromatic carbocycles. The van der Waals surface area contributed by atoms with E-state index in [9.17, 15) is 4.79 Å². The molecule has 3 N–H and O–H groups in total. The molecule has 1 fully saturated rings. The first-order chi connectivity index (χ1) is 7.55. The molecule has 2 rings (SSSR count). The molecular weight excluding hydrogens is 204 g/mol. The molecule has 0 unspecified atom stereocenters. The molecule has 4 heteroatoms. The highest BCUT2D eigenvalue weighted by molar-refractivity contribution is 5.90. The minimum atomic E-state index is -0.260. The lowest BCUT2D eigenvalue weighted by Crippen LogP contribution is -2.21. The second-order valence-corrected chi connectivity index (χ2v) is 4.25. The van der Waals surface area contributed by atoms with Crippen LogP contribution in [0.15, 0.2) is 18.2 Å². The van der Waals surface area contributed by atoms with Gasteiger partial charge in [0, 0.05) is 24.2 Å². The van der Waals surface area contributed by atoms with Gasteiger partial charge in [-0.15, -0.1) is 0 Å². The Morgan fingerprint density at radius 3 is 2.69 bits per heavy atom. The van der Waals surface area contributed by atoms with Gasteiger partial charge in [0.05, 0.1) is 7.11 Å². The number of rotatable bonds is 3. The number of nitrogens with two attached hydrogens (primary N) is 1. The zero-order valence-electron chi connectivity index (χ0n) is 9.54. The lowest BCUT2D eigenvalue weighted by atomic mass is 10.0. The summed E-state index contributed by atoms with van der Waals surface area (Å²) in [6.07, 6.45) is 1.93. The van der Waals surface area contributed by atoms with E-state index in [2.05, 4.69) is 5.32 Å². The maximum Gasteiger partial charge on any atom is 0.221 e. The van der Waals surface area contributed by atoms with Gasteiger partial charge in [-0.3, -0.25) is 4.79 Å². The molecule has 1 aliphatic rings. The Bertz CT molecular complexity index is 425. The quantitative estimate of drug-likeness (QED) is 0.813. The summed E-state index contributed by atoms with van der Waals surface area (Å²) < 4.78 is 5.13. The van der Waals surface area contributed by atoms with Gasteiger partial charge in [-0.2, -0.15) is 0 Å². The van der Waals surface area contributed by atoms with Crippen LogP contribution in [0.25, 0.3) is 0 Å². The molecule has 0 spiro atoms. The van der Waals surface area contributed by atoms with Crippen LogP contribution in [0.4, 0.5) is 5.69 Å². The van der Waals surface area contributed by atoms with Gasteiger partial charge in [-0.05, 0) is 24.5 Å². The summed E-state index contributed by atoms with van der Waals surface area (Å²) in [5.41, 5.74) is 7.63. The first kappa shape index (κ1) is 11.0. The van der Waals surface area contributed by atoms with E-state index in [0.29, 0.717) is 0 Å². The number of ether oxygens (including phenoxy) is 1. The highest BCUT2D eigenvalue weighted by atomic mass is 16.5. The van der Waals surface area contributed by atoms with Crippen molar-refractivity contribution >= 4 is 11.6 Å². The van der Waals surface area contributed by atoms with Crippen molar-refractivity contribution in [3.05, 3.63) is 23.8 Å². The summed E-state index contributed by atoms with van der Waals surface area (Å²) in [5, 5.41) is 2.80. The molecule has 0 bridgehead atoms. The molecule has 0 atom stereocenters. The van der Waals surface area contributed by atoms with Crippen LogP contribution in [-0.2, 0) is 10.3 Å². The van der Waals surface area contributed by atoms with E-state index in [4.69, 9.17) is 10.5 Å². The van der Waals surface area contributed by atoms with Crippen molar-refractivity contribution < 1.29 is 9.53 Å². The molecule has 0 aliphatic heterocycles. The fourth-order valence-corrected chi connectivity index (χ4v) is 1.78. The summed E-state index contributed by atoms with van der Waals surface area (Å²) in [4.78, 5) is 11.1. The molecule has 4 nitrogen and oxygen atoms in total. The highest BCUT2D eigenvalue weighted by Crippen LogP contribution is 2.46. The van der Waals surface area contributed by atoms with E-state index in [1.54, 1.807) is 7.11 Å². The van der Waals surface area contributed by atoms with E-state index in [1.165, 1.54) is 6.92 Å². The van der Waals surface area contributed by atoms with Gasteiger partial charge in [-0.1, -0.05) is 6.07 Å².